The summed E-state index contributed by atoms with van der Waals surface area (Å²) in [5.74, 6) is 0.854. The minimum Gasteiger partial charge on any atom is -0.456 e. The Bertz CT molecular complexity index is 687. The number of carbonyl (C=O) groups excluding carboxylic acids is 1. The zero-order valence-corrected chi connectivity index (χ0v) is 13.7. The molecule has 4 nitrogen and oxygen atoms in total. The van der Waals surface area contributed by atoms with Crippen LogP contribution in [-0.4, -0.2) is 29.0 Å². The van der Waals surface area contributed by atoms with Crippen molar-refractivity contribution in [3.05, 3.63) is 59.3 Å². The van der Waals surface area contributed by atoms with E-state index in [1.54, 1.807) is 23.1 Å². The lowest BCUT2D eigenvalue weighted by atomic mass is 9.87. The molecule has 2 heterocycles. The van der Waals surface area contributed by atoms with Crippen LogP contribution in [0.25, 0.3) is 0 Å². The van der Waals surface area contributed by atoms with E-state index < -0.39 is 6.10 Å². The van der Waals surface area contributed by atoms with E-state index in [-0.39, 0.29) is 17.6 Å². The SMILES string of the molecule is CCc1ccc(C(=O)N2CCC(C(O)c3ccc(F)cc3)CC2)o1. The molecule has 0 spiro atoms. The van der Waals surface area contributed by atoms with Crippen molar-refractivity contribution >= 4 is 5.91 Å². The van der Waals surface area contributed by atoms with Gasteiger partial charge in [-0.05, 0) is 48.6 Å². The summed E-state index contributed by atoms with van der Waals surface area (Å²) in [6.45, 7) is 3.16. The average Bonchev–Trinajstić information content (AvgIpc) is 3.10. The van der Waals surface area contributed by atoms with Crippen LogP contribution in [0.15, 0.2) is 40.8 Å². The summed E-state index contributed by atoms with van der Waals surface area (Å²) in [5, 5.41) is 10.5. The Kier molecular flexibility index (Phi) is 5.00. The highest BCUT2D eigenvalue weighted by molar-refractivity contribution is 5.91. The third kappa shape index (κ3) is 3.51. The maximum Gasteiger partial charge on any atom is 0.289 e. The number of aliphatic hydroxyl groups is 1. The highest BCUT2D eigenvalue weighted by Gasteiger charge is 2.29. The van der Waals surface area contributed by atoms with Crippen molar-refractivity contribution in [2.45, 2.75) is 32.3 Å². The lowest BCUT2D eigenvalue weighted by Crippen LogP contribution is -2.39. The van der Waals surface area contributed by atoms with Gasteiger partial charge in [0.15, 0.2) is 5.76 Å². The van der Waals surface area contributed by atoms with E-state index in [1.165, 1.54) is 12.1 Å². The summed E-state index contributed by atoms with van der Waals surface area (Å²) in [6, 6.07) is 9.51. The second-order valence-electron chi connectivity index (χ2n) is 6.25. The molecule has 128 valence electrons. The number of furan rings is 1. The molecule has 2 aromatic rings. The third-order valence-electron chi connectivity index (χ3n) is 4.71. The lowest BCUT2D eigenvalue weighted by Gasteiger charge is -2.34. The van der Waals surface area contributed by atoms with Crippen molar-refractivity contribution < 1.29 is 18.7 Å². The smallest absolute Gasteiger partial charge is 0.289 e. The van der Waals surface area contributed by atoms with E-state index in [2.05, 4.69) is 0 Å². The number of likely N-dealkylation sites (tertiary alicyclic amines) is 1. The van der Waals surface area contributed by atoms with Crippen LogP contribution in [0.1, 0.15) is 47.7 Å². The molecule has 3 rings (SSSR count). The number of carbonyl (C=O) groups is 1. The molecule has 1 aromatic carbocycles. The first kappa shape index (κ1) is 16.7. The number of nitrogens with zero attached hydrogens (tertiary/aromatic N) is 1. The summed E-state index contributed by atoms with van der Waals surface area (Å²) in [5.41, 5.74) is 0.722. The molecule has 1 fully saturated rings. The standard InChI is InChI=1S/C19H22FNO3/c1-2-16-7-8-17(24-16)19(23)21-11-9-14(10-12-21)18(22)13-3-5-15(20)6-4-13/h3-8,14,18,22H,2,9-12H2,1H3. The molecule has 0 saturated carbocycles. The van der Waals surface area contributed by atoms with E-state index in [1.807, 2.05) is 13.0 Å². The predicted octanol–water partition coefficient (Wildman–Crippen LogP) is 3.57. The van der Waals surface area contributed by atoms with Crippen molar-refractivity contribution in [3.63, 3.8) is 0 Å². The Morgan fingerprint density at radius 1 is 1.25 bits per heavy atom. The number of hydrogen-bond donors (Lipinski definition) is 1. The molecule has 0 radical (unpaired) electrons. The topological polar surface area (TPSA) is 53.7 Å². The van der Waals surface area contributed by atoms with Crippen LogP contribution >= 0.6 is 0 Å². The highest BCUT2D eigenvalue weighted by atomic mass is 19.1. The van der Waals surface area contributed by atoms with Crippen LogP contribution in [-0.2, 0) is 6.42 Å². The summed E-state index contributed by atoms with van der Waals surface area (Å²) in [4.78, 5) is 14.2. The van der Waals surface area contributed by atoms with Crippen LogP contribution < -0.4 is 0 Å². The van der Waals surface area contributed by atoms with Crippen molar-refractivity contribution in [2.75, 3.05) is 13.1 Å². The highest BCUT2D eigenvalue weighted by Crippen LogP contribution is 2.31. The molecule has 0 aliphatic carbocycles. The molecule has 1 aromatic heterocycles. The van der Waals surface area contributed by atoms with Gasteiger partial charge in [0, 0.05) is 19.5 Å². The first-order valence-corrected chi connectivity index (χ1v) is 8.40. The summed E-state index contributed by atoms with van der Waals surface area (Å²) >= 11 is 0. The van der Waals surface area contributed by atoms with Gasteiger partial charge in [-0.1, -0.05) is 19.1 Å². The number of amides is 1. The normalized spacial score (nSPS) is 17.0. The Balaban J connectivity index is 1.58. The molecule has 1 amide bonds. The van der Waals surface area contributed by atoms with Gasteiger partial charge in [-0.3, -0.25) is 4.79 Å². The Hall–Kier alpha value is -2.14. The van der Waals surface area contributed by atoms with Gasteiger partial charge in [0.1, 0.15) is 11.6 Å². The molecule has 1 N–H and O–H groups in total. The number of benzene rings is 1. The molecular formula is C19H22FNO3. The second-order valence-corrected chi connectivity index (χ2v) is 6.25. The molecule has 5 heteroatoms. The fourth-order valence-corrected chi connectivity index (χ4v) is 3.19. The number of aliphatic hydroxyl groups excluding tert-OH is 1. The van der Waals surface area contributed by atoms with Gasteiger partial charge >= 0.3 is 0 Å². The van der Waals surface area contributed by atoms with Crippen LogP contribution in [0.4, 0.5) is 4.39 Å². The van der Waals surface area contributed by atoms with Crippen LogP contribution in [0.3, 0.4) is 0 Å². The molecule has 1 saturated heterocycles. The third-order valence-corrected chi connectivity index (χ3v) is 4.71. The fourth-order valence-electron chi connectivity index (χ4n) is 3.19. The van der Waals surface area contributed by atoms with Gasteiger partial charge in [-0.2, -0.15) is 0 Å². The molecule has 1 aliphatic heterocycles. The maximum atomic E-state index is 13.0. The maximum absolute atomic E-state index is 13.0. The molecule has 1 aliphatic rings. The van der Waals surface area contributed by atoms with E-state index in [4.69, 9.17) is 4.42 Å². The quantitative estimate of drug-likeness (QED) is 0.932. The largest absolute Gasteiger partial charge is 0.456 e. The van der Waals surface area contributed by atoms with Gasteiger partial charge < -0.3 is 14.4 Å². The van der Waals surface area contributed by atoms with E-state index in [9.17, 15) is 14.3 Å². The second kappa shape index (κ2) is 7.18. The fraction of sp³-hybridized carbons (Fsp3) is 0.421. The minimum absolute atomic E-state index is 0.0716. The summed E-state index contributed by atoms with van der Waals surface area (Å²) in [6.07, 6.45) is 1.56. The monoisotopic (exact) mass is 331 g/mol. The molecule has 1 atom stereocenters. The molecule has 24 heavy (non-hydrogen) atoms. The van der Waals surface area contributed by atoms with E-state index in [0.717, 1.165) is 17.7 Å². The molecular weight excluding hydrogens is 309 g/mol. The van der Waals surface area contributed by atoms with Crippen molar-refractivity contribution in [2.24, 2.45) is 5.92 Å². The number of rotatable bonds is 4. The summed E-state index contributed by atoms with van der Waals surface area (Å²) < 4.78 is 18.5. The van der Waals surface area contributed by atoms with Gasteiger partial charge in [-0.25, -0.2) is 4.39 Å². The van der Waals surface area contributed by atoms with Crippen molar-refractivity contribution in [1.82, 2.24) is 4.90 Å². The van der Waals surface area contributed by atoms with Crippen LogP contribution in [0, 0.1) is 11.7 Å². The van der Waals surface area contributed by atoms with Gasteiger partial charge in [0.05, 0.1) is 6.10 Å². The Labute approximate surface area is 140 Å². The number of piperidine rings is 1. The number of aryl methyl sites for hydroxylation is 1. The van der Waals surface area contributed by atoms with Crippen LogP contribution in [0.5, 0.6) is 0 Å². The van der Waals surface area contributed by atoms with E-state index in [0.29, 0.717) is 31.7 Å². The van der Waals surface area contributed by atoms with E-state index >= 15 is 0 Å². The zero-order chi connectivity index (χ0) is 17.1. The van der Waals surface area contributed by atoms with Crippen molar-refractivity contribution in [1.29, 1.82) is 0 Å². The van der Waals surface area contributed by atoms with Gasteiger partial charge in [0.2, 0.25) is 0 Å². The first-order chi connectivity index (χ1) is 11.6. The van der Waals surface area contributed by atoms with Crippen molar-refractivity contribution in [3.8, 4) is 0 Å². The van der Waals surface area contributed by atoms with Gasteiger partial charge in [-0.15, -0.1) is 0 Å². The number of halogens is 1. The average molecular weight is 331 g/mol. The lowest BCUT2D eigenvalue weighted by molar-refractivity contribution is 0.0441. The minimum atomic E-state index is -0.627. The Morgan fingerprint density at radius 2 is 1.92 bits per heavy atom. The number of hydrogen-bond acceptors (Lipinski definition) is 3. The van der Waals surface area contributed by atoms with Crippen LogP contribution in [0.2, 0.25) is 0 Å². The molecule has 1 unspecified atom stereocenters. The molecule has 0 bridgehead atoms. The van der Waals surface area contributed by atoms with Gasteiger partial charge in [0.25, 0.3) is 5.91 Å². The summed E-state index contributed by atoms with van der Waals surface area (Å²) in [7, 11) is 0. The predicted molar refractivity (Wildman–Crippen MR) is 88.1 cm³/mol. The zero-order valence-electron chi connectivity index (χ0n) is 13.7. The first-order valence-electron chi connectivity index (χ1n) is 8.40. The Morgan fingerprint density at radius 3 is 2.50 bits per heavy atom.